The van der Waals surface area contributed by atoms with E-state index in [2.05, 4.69) is 110 Å². The third kappa shape index (κ3) is 4.71. The molecular weight excluding hydrogens is 508 g/mol. The lowest BCUT2D eigenvalue weighted by atomic mass is 9.94. The fourth-order valence-electron chi connectivity index (χ4n) is 5.93. The molecule has 0 saturated heterocycles. The highest BCUT2D eigenvalue weighted by Gasteiger charge is 2.32. The van der Waals surface area contributed by atoms with Gasteiger partial charge < -0.3 is 24.0 Å². The Morgan fingerprint density at radius 2 is 1.20 bits per heavy atom. The van der Waals surface area contributed by atoms with Crippen LogP contribution in [0.4, 0.5) is 22.7 Å². The predicted molar refractivity (Wildman–Crippen MR) is 170 cm³/mol. The standard InChI is InChI=1S/C36H36N2O3/c1-23(2)37-32-18-16-29(41-28-12-9-11-27(21-28)39-5)22-34(32)38(24(3)4)31-17-14-26(20-33(31)37)36-30-13-8-7-10-25(30)15-19-35(36)40-6/h7-24H,1-6H3. The summed E-state index contributed by atoms with van der Waals surface area (Å²) in [7, 11) is 3.41. The molecule has 0 aromatic heterocycles. The number of nitrogens with zero attached hydrogens (tertiary/aromatic N) is 2. The number of anilines is 4. The zero-order valence-corrected chi connectivity index (χ0v) is 24.5. The quantitative estimate of drug-likeness (QED) is 0.204. The molecule has 0 unspecified atom stereocenters. The van der Waals surface area contributed by atoms with Crippen molar-refractivity contribution in [1.29, 1.82) is 0 Å². The summed E-state index contributed by atoms with van der Waals surface area (Å²) in [6.45, 7) is 8.94. The van der Waals surface area contributed by atoms with E-state index in [4.69, 9.17) is 14.2 Å². The Hall–Kier alpha value is -4.64. The summed E-state index contributed by atoms with van der Waals surface area (Å²) >= 11 is 0. The van der Waals surface area contributed by atoms with Crippen LogP contribution in [0.1, 0.15) is 27.7 Å². The van der Waals surface area contributed by atoms with Gasteiger partial charge in [-0.15, -0.1) is 0 Å². The third-order valence-electron chi connectivity index (χ3n) is 7.67. The normalized spacial score (nSPS) is 12.5. The molecule has 5 aromatic carbocycles. The summed E-state index contributed by atoms with van der Waals surface area (Å²) in [5, 5.41) is 2.37. The number of ether oxygens (including phenoxy) is 3. The molecular formula is C36H36N2O3. The number of hydrogen-bond donors (Lipinski definition) is 0. The van der Waals surface area contributed by atoms with E-state index in [9.17, 15) is 0 Å². The second kappa shape index (κ2) is 10.7. The first-order valence-electron chi connectivity index (χ1n) is 14.1. The number of hydrogen-bond acceptors (Lipinski definition) is 5. The maximum Gasteiger partial charge on any atom is 0.131 e. The minimum Gasteiger partial charge on any atom is -0.497 e. The monoisotopic (exact) mass is 544 g/mol. The van der Waals surface area contributed by atoms with Crippen LogP contribution in [0.3, 0.4) is 0 Å². The minimum atomic E-state index is 0.229. The van der Waals surface area contributed by atoms with Crippen molar-refractivity contribution in [3.63, 3.8) is 0 Å². The van der Waals surface area contributed by atoms with Crippen molar-refractivity contribution in [2.45, 2.75) is 39.8 Å². The van der Waals surface area contributed by atoms with Crippen molar-refractivity contribution < 1.29 is 14.2 Å². The van der Waals surface area contributed by atoms with Gasteiger partial charge in [0.05, 0.1) is 37.0 Å². The molecule has 0 N–H and O–H groups in total. The molecule has 5 heteroatoms. The maximum atomic E-state index is 6.30. The summed E-state index contributed by atoms with van der Waals surface area (Å²) in [5.74, 6) is 3.16. The van der Waals surface area contributed by atoms with Gasteiger partial charge in [0, 0.05) is 29.8 Å². The molecule has 5 nitrogen and oxygen atoms in total. The summed E-state index contributed by atoms with van der Waals surface area (Å²) in [6.07, 6.45) is 0. The molecule has 0 amide bonds. The third-order valence-corrected chi connectivity index (χ3v) is 7.67. The van der Waals surface area contributed by atoms with Gasteiger partial charge in [0.1, 0.15) is 23.0 Å². The first-order chi connectivity index (χ1) is 19.9. The zero-order chi connectivity index (χ0) is 28.7. The second-order valence-corrected chi connectivity index (χ2v) is 10.9. The number of fused-ring (bicyclic) bond motifs is 3. The molecule has 6 rings (SSSR count). The molecule has 1 aliphatic rings. The van der Waals surface area contributed by atoms with Gasteiger partial charge in [-0.3, -0.25) is 0 Å². The largest absolute Gasteiger partial charge is 0.497 e. The van der Waals surface area contributed by atoms with Crippen LogP contribution in [0, 0.1) is 0 Å². The van der Waals surface area contributed by atoms with Crippen molar-refractivity contribution >= 4 is 33.5 Å². The van der Waals surface area contributed by atoms with Crippen LogP contribution in [0.15, 0.2) is 97.1 Å². The SMILES string of the molecule is COc1cccc(Oc2ccc3c(c2)N(C(C)C)c2ccc(-c4c(OC)ccc5ccccc45)cc2N3C(C)C)c1. The number of benzene rings is 5. The van der Waals surface area contributed by atoms with Gasteiger partial charge in [-0.1, -0.05) is 42.5 Å². The van der Waals surface area contributed by atoms with Gasteiger partial charge in [0.15, 0.2) is 0 Å². The van der Waals surface area contributed by atoms with Crippen LogP contribution >= 0.6 is 0 Å². The second-order valence-electron chi connectivity index (χ2n) is 10.9. The highest BCUT2D eigenvalue weighted by molar-refractivity contribution is 6.02. The van der Waals surface area contributed by atoms with Crippen molar-refractivity contribution in [3.05, 3.63) is 97.1 Å². The van der Waals surface area contributed by atoms with E-state index in [0.717, 1.165) is 45.5 Å². The van der Waals surface area contributed by atoms with Crippen LogP contribution in [0.2, 0.25) is 0 Å². The van der Waals surface area contributed by atoms with E-state index in [1.54, 1.807) is 14.2 Å². The molecule has 0 fully saturated rings. The number of methoxy groups -OCH3 is 2. The molecule has 1 aliphatic heterocycles. The van der Waals surface area contributed by atoms with E-state index in [0.29, 0.717) is 0 Å². The summed E-state index contributed by atoms with van der Waals surface area (Å²) < 4.78 is 17.6. The Morgan fingerprint density at radius 3 is 1.90 bits per heavy atom. The van der Waals surface area contributed by atoms with Gasteiger partial charge in [-0.2, -0.15) is 0 Å². The lowest BCUT2D eigenvalue weighted by molar-refractivity contribution is 0.409. The Morgan fingerprint density at radius 1 is 0.537 bits per heavy atom. The zero-order valence-electron chi connectivity index (χ0n) is 24.5. The Balaban J connectivity index is 1.49. The molecule has 5 aromatic rings. The molecule has 0 aliphatic carbocycles. The van der Waals surface area contributed by atoms with Crippen molar-refractivity contribution in [3.8, 4) is 34.1 Å². The summed E-state index contributed by atoms with van der Waals surface area (Å²) in [6, 6.07) is 34.0. The molecule has 0 radical (unpaired) electrons. The Bertz CT molecular complexity index is 1730. The van der Waals surface area contributed by atoms with E-state index in [1.807, 2.05) is 24.3 Å². The lowest BCUT2D eigenvalue weighted by Gasteiger charge is -2.44. The van der Waals surface area contributed by atoms with Gasteiger partial charge in [0.2, 0.25) is 0 Å². The highest BCUT2D eigenvalue weighted by atomic mass is 16.5. The van der Waals surface area contributed by atoms with Gasteiger partial charge in [0.25, 0.3) is 0 Å². The fraction of sp³-hybridized carbons (Fsp3) is 0.222. The molecule has 208 valence electrons. The summed E-state index contributed by atoms with van der Waals surface area (Å²) in [5.41, 5.74) is 6.87. The van der Waals surface area contributed by atoms with Gasteiger partial charge >= 0.3 is 0 Å². The van der Waals surface area contributed by atoms with E-state index in [1.165, 1.54) is 22.1 Å². The average molecular weight is 545 g/mol. The highest BCUT2D eigenvalue weighted by Crippen LogP contribution is 2.53. The van der Waals surface area contributed by atoms with E-state index in [-0.39, 0.29) is 12.1 Å². The van der Waals surface area contributed by atoms with E-state index >= 15 is 0 Å². The molecule has 0 saturated carbocycles. The van der Waals surface area contributed by atoms with Crippen LogP contribution in [-0.4, -0.2) is 26.3 Å². The van der Waals surface area contributed by atoms with Crippen LogP contribution in [-0.2, 0) is 0 Å². The Labute approximate surface area is 242 Å². The first kappa shape index (κ1) is 26.6. The van der Waals surface area contributed by atoms with Gasteiger partial charge in [-0.05, 0) is 86.5 Å². The fourth-order valence-corrected chi connectivity index (χ4v) is 5.93. The summed E-state index contributed by atoms with van der Waals surface area (Å²) in [4.78, 5) is 4.84. The lowest BCUT2D eigenvalue weighted by Crippen LogP contribution is -2.36. The minimum absolute atomic E-state index is 0.229. The molecule has 41 heavy (non-hydrogen) atoms. The van der Waals surface area contributed by atoms with E-state index < -0.39 is 0 Å². The molecule has 0 spiro atoms. The van der Waals surface area contributed by atoms with Crippen LogP contribution in [0.5, 0.6) is 23.0 Å². The average Bonchev–Trinajstić information content (AvgIpc) is 2.98. The maximum absolute atomic E-state index is 6.30. The van der Waals surface area contributed by atoms with Crippen LogP contribution < -0.4 is 24.0 Å². The topological polar surface area (TPSA) is 34.2 Å². The van der Waals surface area contributed by atoms with Crippen LogP contribution in [0.25, 0.3) is 21.9 Å². The smallest absolute Gasteiger partial charge is 0.131 e. The Kier molecular flexibility index (Phi) is 6.96. The van der Waals surface area contributed by atoms with Crippen molar-refractivity contribution in [2.75, 3.05) is 24.0 Å². The molecule has 0 bridgehead atoms. The number of rotatable bonds is 7. The predicted octanol–water partition coefficient (Wildman–Crippen LogP) is 9.72. The van der Waals surface area contributed by atoms with Crippen molar-refractivity contribution in [1.82, 2.24) is 0 Å². The molecule has 0 atom stereocenters. The first-order valence-corrected chi connectivity index (χ1v) is 14.1. The van der Waals surface area contributed by atoms with Gasteiger partial charge in [-0.25, -0.2) is 0 Å². The molecule has 1 heterocycles. The van der Waals surface area contributed by atoms with Crippen molar-refractivity contribution in [2.24, 2.45) is 0 Å².